The van der Waals surface area contributed by atoms with Crippen LogP contribution in [0.15, 0.2) is 30.5 Å². The third-order valence-electron chi connectivity index (χ3n) is 3.02. The molecule has 0 aliphatic heterocycles. The first-order chi connectivity index (χ1) is 10.3. The van der Waals surface area contributed by atoms with Gasteiger partial charge in [-0.05, 0) is 12.5 Å². The molecule has 0 radical (unpaired) electrons. The van der Waals surface area contributed by atoms with Crippen molar-refractivity contribution in [2.24, 2.45) is 0 Å². The number of hydrogen-bond acceptors (Lipinski definition) is 6. The van der Waals surface area contributed by atoms with E-state index in [1.54, 1.807) is 13.3 Å². The van der Waals surface area contributed by atoms with Crippen molar-refractivity contribution in [3.05, 3.63) is 36.0 Å². The van der Waals surface area contributed by atoms with Crippen LogP contribution in [0.5, 0.6) is 5.75 Å². The van der Waals surface area contributed by atoms with Crippen molar-refractivity contribution in [2.75, 3.05) is 24.3 Å². The third-order valence-corrected chi connectivity index (χ3v) is 3.02. The zero-order chi connectivity index (χ0) is 14.9. The predicted octanol–water partition coefficient (Wildman–Crippen LogP) is 2.70. The summed E-state index contributed by atoms with van der Waals surface area (Å²) in [6.45, 7) is 3.63. The van der Waals surface area contributed by atoms with E-state index in [1.165, 1.54) is 0 Å². The molecule has 0 spiro atoms. The van der Waals surface area contributed by atoms with Crippen molar-refractivity contribution in [3.63, 3.8) is 0 Å². The van der Waals surface area contributed by atoms with Gasteiger partial charge in [0.25, 0.3) is 0 Å². The summed E-state index contributed by atoms with van der Waals surface area (Å²) in [6, 6.07) is 7.85. The van der Waals surface area contributed by atoms with Crippen LogP contribution in [0.2, 0.25) is 0 Å². The topological polar surface area (TPSA) is 72.0 Å². The number of methoxy groups -OCH3 is 1. The van der Waals surface area contributed by atoms with Gasteiger partial charge in [-0.2, -0.15) is 10.1 Å². The van der Waals surface area contributed by atoms with Gasteiger partial charge < -0.3 is 15.4 Å². The summed E-state index contributed by atoms with van der Waals surface area (Å²) in [7, 11) is 1.66. The highest BCUT2D eigenvalue weighted by Gasteiger charge is 2.04. The molecule has 0 unspecified atom stereocenters. The van der Waals surface area contributed by atoms with Crippen LogP contribution in [0, 0.1) is 0 Å². The van der Waals surface area contributed by atoms with E-state index >= 15 is 0 Å². The summed E-state index contributed by atoms with van der Waals surface area (Å²) in [4.78, 5) is 4.38. The standard InChI is InChI=1S/C15H21N5O/c1-3-4-9-16-14-11-18-20-15(19-14)17-10-12-7-5-6-8-13(12)21-2/h5-8,11H,3-4,9-10H2,1-2H3,(H2,16,17,19,20). The van der Waals surface area contributed by atoms with Crippen LogP contribution in [0.1, 0.15) is 25.3 Å². The lowest BCUT2D eigenvalue weighted by atomic mass is 10.2. The maximum atomic E-state index is 5.31. The second-order valence-corrected chi connectivity index (χ2v) is 4.61. The first kappa shape index (κ1) is 15.0. The number of unbranched alkanes of at least 4 members (excludes halogenated alkanes) is 1. The van der Waals surface area contributed by atoms with Crippen molar-refractivity contribution in [2.45, 2.75) is 26.3 Å². The largest absolute Gasteiger partial charge is 0.496 e. The fourth-order valence-corrected chi connectivity index (χ4v) is 1.88. The molecular formula is C15H21N5O. The van der Waals surface area contributed by atoms with Crippen LogP contribution >= 0.6 is 0 Å². The molecule has 21 heavy (non-hydrogen) atoms. The van der Waals surface area contributed by atoms with Gasteiger partial charge >= 0.3 is 0 Å². The third kappa shape index (κ3) is 4.59. The Hall–Kier alpha value is -2.37. The zero-order valence-electron chi connectivity index (χ0n) is 12.5. The SMILES string of the molecule is CCCCNc1cnnc(NCc2ccccc2OC)n1. The lowest BCUT2D eigenvalue weighted by Crippen LogP contribution is -2.09. The van der Waals surface area contributed by atoms with Crippen molar-refractivity contribution in [3.8, 4) is 5.75 Å². The first-order valence-corrected chi connectivity index (χ1v) is 7.13. The highest BCUT2D eigenvalue weighted by atomic mass is 16.5. The van der Waals surface area contributed by atoms with E-state index in [1.807, 2.05) is 24.3 Å². The monoisotopic (exact) mass is 287 g/mol. The van der Waals surface area contributed by atoms with Crippen molar-refractivity contribution in [1.29, 1.82) is 0 Å². The van der Waals surface area contributed by atoms with E-state index < -0.39 is 0 Å². The second kappa shape index (κ2) is 8.04. The predicted molar refractivity (Wildman–Crippen MR) is 83.5 cm³/mol. The summed E-state index contributed by atoms with van der Waals surface area (Å²) in [5.41, 5.74) is 1.05. The molecule has 2 aromatic rings. The number of ether oxygens (including phenoxy) is 1. The van der Waals surface area contributed by atoms with Crippen LogP contribution in [0.3, 0.4) is 0 Å². The molecular weight excluding hydrogens is 266 g/mol. The van der Waals surface area contributed by atoms with Gasteiger partial charge in [-0.3, -0.25) is 0 Å². The summed E-state index contributed by atoms with van der Waals surface area (Å²) >= 11 is 0. The van der Waals surface area contributed by atoms with E-state index in [2.05, 4.69) is 32.7 Å². The number of nitrogens with zero attached hydrogens (tertiary/aromatic N) is 3. The Kier molecular flexibility index (Phi) is 5.75. The van der Waals surface area contributed by atoms with Crippen molar-refractivity contribution >= 4 is 11.8 Å². The molecule has 6 nitrogen and oxygen atoms in total. The normalized spacial score (nSPS) is 10.2. The average Bonchev–Trinajstić information content (AvgIpc) is 2.54. The van der Waals surface area contributed by atoms with E-state index in [4.69, 9.17) is 4.74 Å². The fourth-order valence-electron chi connectivity index (χ4n) is 1.88. The molecule has 0 amide bonds. The van der Waals surface area contributed by atoms with Crippen LogP contribution in [0.4, 0.5) is 11.8 Å². The van der Waals surface area contributed by atoms with Crippen molar-refractivity contribution in [1.82, 2.24) is 15.2 Å². The minimum atomic E-state index is 0.502. The van der Waals surface area contributed by atoms with Crippen LogP contribution in [-0.2, 0) is 6.54 Å². The van der Waals surface area contributed by atoms with Gasteiger partial charge in [0.1, 0.15) is 11.6 Å². The number of nitrogens with one attached hydrogen (secondary N) is 2. The highest BCUT2D eigenvalue weighted by molar-refractivity contribution is 5.39. The number of rotatable bonds is 8. The Morgan fingerprint density at radius 3 is 2.86 bits per heavy atom. The maximum Gasteiger partial charge on any atom is 0.244 e. The lowest BCUT2D eigenvalue weighted by Gasteiger charge is -2.10. The Balaban J connectivity index is 1.95. The number of anilines is 2. The lowest BCUT2D eigenvalue weighted by molar-refractivity contribution is 0.410. The zero-order valence-corrected chi connectivity index (χ0v) is 12.5. The first-order valence-electron chi connectivity index (χ1n) is 7.13. The molecule has 1 aromatic carbocycles. The quantitative estimate of drug-likeness (QED) is 0.727. The maximum absolute atomic E-state index is 5.31. The Morgan fingerprint density at radius 1 is 1.19 bits per heavy atom. The number of aromatic nitrogens is 3. The molecule has 1 heterocycles. The molecule has 0 saturated carbocycles. The number of benzene rings is 1. The van der Waals surface area contributed by atoms with Gasteiger partial charge in [0, 0.05) is 18.7 Å². The molecule has 1 aromatic heterocycles. The molecule has 6 heteroatoms. The smallest absolute Gasteiger partial charge is 0.244 e. The minimum Gasteiger partial charge on any atom is -0.496 e. The molecule has 0 aliphatic carbocycles. The van der Waals surface area contributed by atoms with Crippen LogP contribution in [-0.4, -0.2) is 28.8 Å². The van der Waals surface area contributed by atoms with Gasteiger partial charge in [-0.1, -0.05) is 31.5 Å². The minimum absolute atomic E-state index is 0.502. The fraction of sp³-hybridized carbons (Fsp3) is 0.400. The van der Waals surface area contributed by atoms with Gasteiger partial charge in [0.05, 0.1) is 13.3 Å². The average molecular weight is 287 g/mol. The molecule has 0 bridgehead atoms. The van der Waals surface area contributed by atoms with Gasteiger partial charge in [-0.25, -0.2) is 0 Å². The van der Waals surface area contributed by atoms with Crippen molar-refractivity contribution < 1.29 is 4.74 Å². The molecule has 0 aliphatic rings. The number of hydrogen-bond donors (Lipinski definition) is 2. The van der Waals surface area contributed by atoms with Gasteiger partial charge in [0.15, 0.2) is 0 Å². The Bertz CT molecular complexity index is 561. The molecule has 0 saturated heterocycles. The van der Waals surface area contributed by atoms with E-state index in [-0.39, 0.29) is 0 Å². The summed E-state index contributed by atoms with van der Waals surface area (Å²) in [5, 5.41) is 14.3. The van der Waals surface area contributed by atoms with Gasteiger partial charge in [0.2, 0.25) is 5.95 Å². The molecule has 0 atom stereocenters. The molecule has 0 fully saturated rings. The summed E-state index contributed by atoms with van der Waals surface area (Å²) in [5.74, 6) is 2.08. The van der Waals surface area contributed by atoms with E-state index in [9.17, 15) is 0 Å². The molecule has 2 N–H and O–H groups in total. The Morgan fingerprint density at radius 2 is 2.05 bits per heavy atom. The molecule has 112 valence electrons. The van der Waals surface area contributed by atoms with Crippen LogP contribution in [0.25, 0.3) is 0 Å². The van der Waals surface area contributed by atoms with Gasteiger partial charge in [-0.15, -0.1) is 5.10 Å². The van der Waals surface area contributed by atoms with Crippen LogP contribution < -0.4 is 15.4 Å². The van der Waals surface area contributed by atoms with E-state index in [0.717, 1.165) is 36.5 Å². The number of para-hydroxylation sites is 1. The molecule has 2 rings (SSSR count). The summed E-state index contributed by atoms with van der Waals surface area (Å²) in [6.07, 6.45) is 3.88. The van der Waals surface area contributed by atoms with E-state index in [0.29, 0.717) is 12.5 Å². The highest BCUT2D eigenvalue weighted by Crippen LogP contribution is 2.18. The second-order valence-electron chi connectivity index (χ2n) is 4.61. The summed E-state index contributed by atoms with van der Waals surface area (Å²) < 4.78 is 5.31. The Labute approximate surface area is 125 Å².